The SMILES string of the molecule is CCCC1(CNC(=O)c2cccc3c2OCCN3)CC1. The van der Waals surface area contributed by atoms with E-state index in [4.69, 9.17) is 4.74 Å². The molecule has 0 saturated heterocycles. The maximum Gasteiger partial charge on any atom is 0.255 e. The highest BCUT2D eigenvalue weighted by atomic mass is 16.5. The van der Waals surface area contributed by atoms with Crippen LogP contribution >= 0.6 is 0 Å². The third-order valence-electron chi connectivity index (χ3n) is 4.28. The lowest BCUT2D eigenvalue weighted by molar-refractivity contribution is 0.0939. The average molecular weight is 274 g/mol. The van der Waals surface area contributed by atoms with Crippen molar-refractivity contribution in [2.45, 2.75) is 32.6 Å². The van der Waals surface area contributed by atoms with Crippen molar-refractivity contribution in [3.05, 3.63) is 23.8 Å². The van der Waals surface area contributed by atoms with Gasteiger partial charge in [-0.15, -0.1) is 0 Å². The van der Waals surface area contributed by atoms with E-state index in [1.807, 2.05) is 18.2 Å². The Kier molecular flexibility index (Phi) is 3.55. The molecule has 1 amide bonds. The number of benzene rings is 1. The van der Waals surface area contributed by atoms with Crippen LogP contribution in [0.1, 0.15) is 43.0 Å². The summed E-state index contributed by atoms with van der Waals surface area (Å²) >= 11 is 0. The maximum absolute atomic E-state index is 12.4. The topological polar surface area (TPSA) is 50.4 Å². The summed E-state index contributed by atoms with van der Waals surface area (Å²) in [6.45, 7) is 4.39. The Hall–Kier alpha value is -1.71. The maximum atomic E-state index is 12.4. The van der Waals surface area contributed by atoms with E-state index < -0.39 is 0 Å². The first-order chi connectivity index (χ1) is 9.74. The van der Waals surface area contributed by atoms with Crippen LogP contribution in [0.3, 0.4) is 0 Å². The van der Waals surface area contributed by atoms with Crippen molar-refractivity contribution in [1.29, 1.82) is 0 Å². The smallest absolute Gasteiger partial charge is 0.255 e. The van der Waals surface area contributed by atoms with Gasteiger partial charge < -0.3 is 15.4 Å². The summed E-state index contributed by atoms with van der Waals surface area (Å²) in [5, 5.41) is 6.35. The summed E-state index contributed by atoms with van der Waals surface area (Å²) in [6, 6.07) is 5.68. The van der Waals surface area contributed by atoms with Crippen LogP contribution in [-0.2, 0) is 0 Å². The van der Waals surface area contributed by atoms with Gasteiger partial charge in [0, 0.05) is 13.1 Å². The second kappa shape index (κ2) is 5.35. The molecule has 0 radical (unpaired) electrons. The molecule has 1 fully saturated rings. The minimum Gasteiger partial charge on any atom is -0.489 e. The molecule has 0 spiro atoms. The minimum absolute atomic E-state index is 0.0204. The molecule has 0 bridgehead atoms. The van der Waals surface area contributed by atoms with Crippen LogP contribution in [0, 0.1) is 5.41 Å². The molecule has 108 valence electrons. The number of hydrogen-bond donors (Lipinski definition) is 2. The first kappa shape index (κ1) is 13.3. The fourth-order valence-electron chi connectivity index (χ4n) is 2.93. The summed E-state index contributed by atoms with van der Waals surface area (Å²) in [6.07, 6.45) is 4.88. The standard InChI is InChI=1S/C16H22N2O2/c1-2-6-16(7-8-16)11-18-15(19)12-4-3-5-13-14(12)20-10-9-17-13/h3-5,17H,2,6-11H2,1H3,(H,18,19). The van der Waals surface area contributed by atoms with E-state index >= 15 is 0 Å². The van der Waals surface area contributed by atoms with E-state index in [2.05, 4.69) is 17.6 Å². The zero-order valence-electron chi connectivity index (χ0n) is 12.0. The predicted molar refractivity (Wildman–Crippen MR) is 79.3 cm³/mol. The molecule has 3 rings (SSSR count). The lowest BCUT2D eigenvalue weighted by Gasteiger charge is -2.22. The molecular formula is C16H22N2O2. The van der Waals surface area contributed by atoms with E-state index in [0.29, 0.717) is 23.3 Å². The van der Waals surface area contributed by atoms with E-state index in [-0.39, 0.29) is 5.91 Å². The number of hydrogen-bond acceptors (Lipinski definition) is 3. The van der Waals surface area contributed by atoms with Crippen molar-refractivity contribution in [2.24, 2.45) is 5.41 Å². The van der Waals surface area contributed by atoms with E-state index in [1.165, 1.54) is 25.7 Å². The number of anilines is 1. The number of rotatable bonds is 5. The lowest BCUT2D eigenvalue weighted by Crippen LogP contribution is -2.31. The summed E-state index contributed by atoms with van der Waals surface area (Å²) in [5.74, 6) is 0.671. The second-order valence-electron chi connectivity index (χ2n) is 5.89. The van der Waals surface area contributed by atoms with Crippen molar-refractivity contribution in [3.63, 3.8) is 0 Å². The van der Waals surface area contributed by atoms with Crippen LogP contribution in [-0.4, -0.2) is 25.6 Å². The molecular weight excluding hydrogens is 252 g/mol. The van der Waals surface area contributed by atoms with Crippen LogP contribution in [0.4, 0.5) is 5.69 Å². The van der Waals surface area contributed by atoms with Gasteiger partial charge in [-0.2, -0.15) is 0 Å². The molecule has 1 heterocycles. The number of fused-ring (bicyclic) bond motifs is 1. The summed E-state index contributed by atoms with van der Waals surface area (Å²) in [5.41, 5.74) is 1.93. The highest BCUT2D eigenvalue weighted by Crippen LogP contribution is 2.49. The molecule has 1 aromatic rings. The molecule has 4 heteroatoms. The van der Waals surface area contributed by atoms with Gasteiger partial charge in [-0.1, -0.05) is 19.4 Å². The largest absolute Gasteiger partial charge is 0.489 e. The average Bonchev–Trinajstić information content (AvgIpc) is 3.25. The molecule has 1 aliphatic carbocycles. The van der Waals surface area contributed by atoms with Gasteiger partial charge in [0.25, 0.3) is 5.91 Å². The molecule has 4 nitrogen and oxygen atoms in total. The number of nitrogens with one attached hydrogen (secondary N) is 2. The third-order valence-corrected chi connectivity index (χ3v) is 4.28. The monoisotopic (exact) mass is 274 g/mol. The van der Waals surface area contributed by atoms with Gasteiger partial charge in [0.15, 0.2) is 5.75 Å². The zero-order valence-corrected chi connectivity index (χ0v) is 12.0. The predicted octanol–water partition coefficient (Wildman–Crippen LogP) is 2.80. The minimum atomic E-state index is -0.0204. The van der Waals surface area contributed by atoms with Gasteiger partial charge in [-0.25, -0.2) is 0 Å². The molecule has 20 heavy (non-hydrogen) atoms. The molecule has 0 unspecified atom stereocenters. The number of carbonyl (C=O) groups is 1. The van der Waals surface area contributed by atoms with Gasteiger partial charge in [0.1, 0.15) is 6.61 Å². The second-order valence-corrected chi connectivity index (χ2v) is 5.89. The van der Waals surface area contributed by atoms with Crippen LogP contribution in [0.15, 0.2) is 18.2 Å². The summed E-state index contributed by atoms with van der Waals surface area (Å²) in [4.78, 5) is 12.4. The van der Waals surface area contributed by atoms with Crippen molar-refractivity contribution in [1.82, 2.24) is 5.32 Å². The van der Waals surface area contributed by atoms with Crippen molar-refractivity contribution < 1.29 is 9.53 Å². The molecule has 1 aromatic carbocycles. The Morgan fingerprint density at radius 3 is 3.05 bits per heavy atom. The van der Waals surface area contributed by atoms with Crippen LogP contribution in [0.25, 0.3) is 0 Å². The molecule has 2 N–H and O–H groups in total. The molecule has 0 aromatic heterocycles. The Balaban J connectivity index is 1.68. The fourth-order valence-corrected chi connectivity index (χ4v) is 2.93. The first-order valence-corrected chi connectivity index (χ1v) is 7.52. The molecule has 2 aliphatic rings. The first-order valence-electron chi connectivity index (χ1n) is 7.52. The Morgan fingerprint density at radius 1 is 1.45 bits per heavy atom. The Bertz CT molecular complexity index is 509. The molecule has 1 saturated carbocycles. The quantitative estimate of drug-likeness (QED) is 0.868. The van der Waals surface area contributed by atoms with E-state index in [1.54, 1.807) is 0 Å². The van der Waals surface area contributed by atoms with Gasteiger partial charge in [0.05, 0.1) is 11.3 Å². The van der Waals surface area contributed by atoms with Crippen LogP contribution in [0.2, 0.25) is 0 Å². The lowest BCUT2D eigenvalue weighted by atomic mass is 10.0. The van der Waals surface area contributed by atoms with Crippen molar-refractivity contribution >= 4 is 11.6 Å². The van der Waals surface area contributed by atoms with Gasteiger partial charge in [0.2, 0.25) is 0 Å². The number of carbonyl (C=O) groups excluding carboxylic acids is 1. The number of para-hydroxylation sites is 1. The van der Waals surface area contributed by atoms with Crippen molar-refractivity contribution in [2.75, 3.05) is 25.0 Å². The van der Waals surface area contributed by atoms with Crippen molar-refractivity contribution in [3.8, 4) is 5.75 Å². The summed E-state index contributed by atoms with van der Waals surface area (Å²) < 4.78 is 5.65. The van der Waals surface area contributed by atoms with E-state index in [0.717, 1.165) is 18.8 Å². The molecule has 0 atom stereocenters. The van der Waals surface area contributed by atoms with Crippen LogP contribution in [0.5, 0.6) is 5.75 Å². The number of amides is 1. The van der Waals surface area contributed by atoms with Gasteiger partial charge in [-0.05, 0) is 36.8 Å². The summed E-state index contributed by atoms with van der Waals surface area (Å²) in [7, 11) is 0. The Labute approximate surface area is 119 Å². The highest BCUT2D eigenvalue weighted by molar-refractivity contribution is 5.99. The molecule has 1 aliphatic heterocycles. The van der Waals surface area contributed by atoms with Crippen LogP contribution < -0.4 is 15.4 Å². The Morgan fingerprint density at radius 2 is 2.30 bits per heavy atom. The highest BCUT2D eigenvalue weighted by Gasteiger charge is 2.41. The fraction of sp³-hybridized carbons (Fsp3) is 0.562. The van der Waals surface area contributed by atoms with Gasteiger partial charge in [-0.3, -0.25) is 4.79 Å². The zero-order chi connectivity index (χ0) is 14.0. The normalized spacial score (nSPS) is 18.4. The third kappa shape index (κ3) is 2.60. The van der Waals surface area contributed by atoms with E-state index in [9.17, 15) is 4.79 Å². The number of ether oxygens (including phenoxy) is 1. The van der Waals surface area contributed by atoms with Gasteiger partial charge >= 0.3 is 0 Å².